The quantitative estimate of drug-likeness (QED) is 0.679. The zero-order valence-electron chi connectivity index (χ0n) is 15.1. The molecule has 0 aliphatic heterocycles. The summed E-state index contributed by atoms with van der Waals surface area (Å²) in [6, 6.07) is 18.9. The highest BCUT2D eigenvalue weighted by Crippen LogP contribution is 2.16. The second-order valence-electron chi connectivity index (χ2n) is 6.26. The third-order valence-corrected chi connectivity index (χ3v) is 4.16. The SMILES string of the molecule is CC(=O)NC(CC(=O)NCc1ccc(-n2cccn2)cc1)c1ccccc1. The van der Waals surface area contributed by atoms with Crippen molar-refractivity contribution < 1.29 is 9.59 Å². The number of nitrogens with one attached hydrogen (secondary N) is 2. The zero-order valence-corrected chi connectivity index (χ0v) is 15.1. The minimum absolute atomic E-state index is 0.117. The highest BCUT2D eigenvalue weighted by atomic mass is 16.2. The van der Waals surface area contributed by atoms with Crippen molar-refractivity contribution in [3.63, 3.8) is 0 Å². The number of hydrogen-bond acceptors (Lipinski definition) is 3. The second kappa shape index (κ2) is 8.80. The van der Waals surface area contributed by atoms with Crippen LogP contribution in [-0.2, 0) is 16.1 Å². The molecule has 2 amide bonds. The van der Waals surface area contributed by atoms with Crippen molar-refractivity contribution in [3.8, 4) is 5.69 Å². The van der Waals surface area contributed by atoms with Crippen LogP contribution in [0.1, 0.15) is 30.5 Å². The fraction of sp³-hybridized carbons (Fsp3) is 0.190. The van der Waals surface area contributed by atoms with Gasteiger partial charge in [-0.1, -0.05) is 42.5 Å². The molecule has 3 aromatic rings. The smallest absolute Gasteiger partial charge is 0.222 e. The van der Waals surface area contributed by atoms with Crippen LogP contribution in [0, 0.1) is 0 Å². The Labute approximate surface area is 158 Å². The molecular formula is C21H22N4O2. The highest BCUT2D eigenvalue weighted by Gasteiger charge is 2.16. The first-order chi connectivity index (χ1) is 13.1. The predicted octanol–water partition coefficient (Wildman–Crippen LogP) is 2.76. The summed E-state index contributed by atoms with van der Waals surface area (Å²) >= 11 is 0. The lowest BCUT2D eigenvalue weighted by molar-refractivity contribution is -0.122. The van der Waals surface area contributed by atoms with Crippen LogP contribution in [0.4, 0.5) is 0 Å². The number of carbonyl (C=O) groups is 2. The number of aromatic nitrogens is 2. The van der Waals surface area contributed by atoms with Crippen molar-refractivity contribution in [3.05, 3.63) is 84.2 Å². The van der Waals surface area contributed by atoms with Crippen molar-refractivity contribution in [2.75, 3.05) is 0 Å². The van der Waals surface area contributed by atoms with Gasteiger partial charge in [0.1, 0.15) is 0 Å². The summed E-state index contributed by atoms with van der Waals surface area (Å²) in [4.78, 5) is 23.8. The van der Waals surface area contributed by atoms with Gasteiger partial charge in [0.05, 0.1) is 18.2 Å². The van der Waals surface area contributed by atoms with Crippen molar-refractivity contribution in [2.24, 2.45) is 0 Å². The molecule has 0 radical (unpaired) electrons. The van der Waals surface area contributed by atoms with E-state index in [2.05, 4.69) is 15.7 Å². The second-order valence-corrected chi connectivity index (χ2v) is 6.26. The topological polar surface area (TPSA) is 76.0 Å². The third kappa shape index (κ3) is 5.28. The molecule has 0 bridgehead atoms. The molecule has 0 fully saturated rings. The number of amides is 2. The summed E-state index contributed by atoms with van der Waals surface area (Å²) < 4.78 is 1.78. The molecule has 0 aliphatic carbocycles. The van der Waals surface area contributed by atoms with Crippen LogP contribution in [0.2, 0.25) is 0 Å². The molecule has 0 aliphatic rings. The monoisotopic (exact) mass is 362 g/mol. The van der Waals surface area contributed by atoms with E-state index in [9.17, 15) is 9.59 Å². The Balaban J connectivity index is 1.57. The van der Waals surface area contributed by atoms with Gasteiger partial charge >= 0.3 is 0 Å². The molecule has 2 aromatic carbocycles. The molecule has 1 atom stereocenters. The first kappa shape index (κ1) is 18.4. The molecular weight excluding hydrogens is 340 g/mol. The number of rotatable bonds is 7. The molecule has 0 spiro atoms. The average Bonchev–Trinajstić information content (AvgIpc) is 3.21. The van der Waals surface area contributed by atoms with Crippen molar-refractivity contribution in [1.82, 2.24) is 20.4 Å². The van der Waals surface area contributed by atoms with Gasteiger partial charge in [-0.25, -0.2) is 4.68 Å². The third-order valence-electron chi connectivity index (χ3n) is 4.16. The molecule has 6 nitrogen and oxygen atoms in total. The van der Waals surface area contributed by atoms with E-state index >= 15 is 0 Å². The average molecular weight is 362 g/mol. The summed E-state index contributed by atoms with van der Waals surface area (Å²) in [7, 11) is 0. The normalized spacial score (nSPS) is 11.6. The van der Waals surface area contributed by atoms with Gasteiger partial charge in [-0.3, -0.25) is 9.59 Å². The maximum absolute atomic E-state index is 12.4. The van der Waals surface area contributed by atoms with Crippen LogP contribution >= 0.6 is 0 Å². The van der Waals surface area contributed by atoms with Crippen LogP contribution in [0.25, 0.3) is 5.69 Å². The molecule has 1 unspecified atom stereocenters. The predicted molar refractivity (Wildman–Crippen MR) is 103 cm³/mol. The standard InChI is InChI=1S/C21H22N4O2/c1-16(26)24-20(18-6-3-2-4-7-18)14-21(27)22-15-17-8-10-19(11-9-17)25-13-5-12-23-25/h2-13,20H,14-15H2,1H3,(H,22,27)(H,24,26). The van der Waals surface area contributed by atoms with Crippen molar-refractivity contribution in [1.29, 1.82) is 0 Å². The number of carbonyl (C=O) groups excluding carboxylic acids is 2. The van der Waals surface area contributed by atoms with Crippen LogP contribution in [0.3, 0.4) is 0 Å². The fourth-order valence-electron chi connectivity index (χ4n) is 2.83. The molecule has 0 saturated heterocycles. The molecule has 6 heteroatoms. The van der Waals surface area contributed by atoms with Crippen LogP contribution < -0.4 is 10.6 Å². The lowest BCUT2D eigenvalue weighted by Crippen LogP contribution is -2.32. The maximum Gasteiger partial charge on any atom is 0.222 e. The van der Waals surface area contributed by atoms with Crippen LogP contribution in [0.5, 0.6) is 0 Å². The number of hydrogen-bond donors (Lipinski definition) is 2. The van der Waals surface area contributed by atoms with Crippen LogP contribution in [0.15, 0.2) is 73.1 Å². The summed E-state index contributed by atoms with van der Waals surface area (Å²) in [5.41, 5.74) is 2.87. The van der Waals surface area contributed by atoms with Crippen LogP contribution in [-0.4, -0.2) is 21.6 Å². The Morgan fingerprint density at radius 1 is 1.04 bits per heavy atom. The Morgan fingerprint density at radius 2 is 1.78 bits per heavy atom. The Hall–Kier alpha value is -3.41. The van der Waals surface area contributed by atoms with Gasteiger partial charge in [-0.2, -0.15) is 5.10 Å². The van der Waals surface area contributed by atoms with E-state index in [4.69, 9.17) is 0 Å². The van der Waals surface area contributed by atoms with Gasteiger partial charge in [0.15, 0.2) is 0 Å². The van der Waals surface area contributed by atoms with E-state index in [1.54, 1.807) is 10.9 Å². The van der Waals surface area contributed by atoms with Gasteiger partial charge in [-0.05, 0) is 29.3 Å². The molecule has 2 N–H and O–H groups in total. The van der Waals surface area contributed by atoms with E-state index in [1.165, 1.54) is 6.92 Å². The lowest BCUT2D eigenvalue weighted by atomic mass is 10.0. The van der Waals surface area contributed by atoms with Gasteiger partial charge in [0, 0.05) is 25.9 Å². The molecule has 1 aromatic heterocycles. The largest absolute Gasteiger partial charge is 0.352 e. The first-order valence-corrected chi connectivity index (χ1v) is 8.79. The van der Waals surface area contributed by atoms with Gasteiger partial charge in [0.2, 0.25) is 11.8 Å². The first-order valence-electron chi connectivity index (χ1n) is 8.79. The van der Waals surface area contributed by atoms with E-state index in [1.807, 2.05) is 66.9 Å². The zero-order chi connectivity index (χ0) is 19.1. The Morgan fingerprint density at radius 3 is 2.41 bits per heavy atom. The Bertz CT molecular complexity index is 874. The van der Waals surface area contributed by atoms with E-state index < -0.39 is 0 Å². The van der Waals surface area contributed by atoms with E-state index in [-0.39, 0.29) is 24.3 Å². The fourth-order valence-corrected chi connectivity index (χ4v) is 2.83. The van der Waals surface area contributed by atoms with E-state index in [0.717, 1.165) is 16.8 Å². The summed E-state index contributed by atoms with van der Waals surface area (Å²) in [6.45, 7) is 1.88. The molecule has 1 heterocycles. The number of nitrogens with zero attached hydrogens (tertiary/aromatic N) is 2. The van der Waals surface area contributed by atoms with Gasteiger partial charge < -0.3 is 10.6 Å². The molecule has 138 valence electrons. The maximum atomic E-state index is 12.4. The summed E-state index contributed by atoms with van der Waals surface area (Å²) in [5.74, 6) is -0.278. The minimum Gasteiger partial charge on any atom is -0.352 e. The summed E-state index contributed by atoms with van der Waals surface area (Å²) in [6.07, 6.45) is 3.80. The lowest BCUT2D eigenvalue weighted by Gasteiger charge is -2.18. The van der Waals surface area contributed by atoms with Gasteiger partial charge in [0.25, 0.3) is 0 Å². The molecule has 0 saturated carbocycles. The van der Waals surface area contributed by atoms with E-state index in [0.29, 0.717) is 6.54 Å². The van der Waals surface area contributed by atoms with Crippen molar-refractivity contribution >= 4 is 11.8 Å². The summed E-state index contributed by atoms with van der Waals surface area (Å²) in [5, 5.41) is 9.94. The van der Waals surface area contributed by atoms with Gasteiger partial charge in [-0.15, -0.1) is 0 Å². The molecule has 3 rings (SSSR count). The minimum atomic E-state index is -0.342. The Kier molecular flexibility index (Phi) is 5.99. The number of benzene rings is 2. The van der Waals surface area contributed by atoms with Crippen molar-refractivity contribution in [2.45, 2.75) is 25.9 Å². The molecule has 27 heavy (non-hydrogen) atoms. The highest BCUT2D eigenvalue weighted by molar-refractivity contribution is 5.79.